The molecule has 3 amide bonds. The molecule has 2 aromatic rings. The number of nitrogens with one attached hydrogen (secondary N) is 1. The van der Waals surface area contributed by atoms with E-state index < -0.39 is 60.2 Å². The van der Waals surface area contributed by atoms with E-state index in [1.807, 2.05) is 48.5 Å². The Bertz CT molecular complexity index is 1470. The van der Waals surface area contributed by atoms with Gasteiger partial charge in [0, 0.05) is 24.3 Å². The second kappa shape index (κ2) is 15.0. The van der Waals surface area contributed by atoms with Gasteiger partial charge in [0.15, 0.2) is 0 Å². The van der Waals surface area contributed by atoms with Crippen LogP contribution in [-0.4, -0.2) is 87.0 Å². The topological polar surface area (TPSA) is 125 Å². The van der Waals surface area contributed by atoms with Gasteiger partial charge in [0.2, 0.25) is 17.7 Å². The molecular weight excluding hydrogens is 666 g/mol. The van der Waals surface area contributed by atoms with E-state index in [4.69, 9.17) is 9.47 Å². The molecule has 3 saturated heterocycles. The van der Waals surface area contributed by atoms with Gasteiger partial charge in [-0.05, 0) is 30.9 Å². The van der Waals surface area contributed by atoms with Crippen molar-refractivity contribution in [1.29, 1.82) is 0 Å². The second-order valence-corrected chi connectivity index (χ2v) is 13.6. The van der Waals surface area contributed by atoms with Gasteiger partial charge < -0.3 is 29.7 Å². The zero-order chi connectivity index (χ0) is 33.7. The lowest BCUT2D eigenvalue weighted by Crippen LogP contribution is -2.57. The zero-order valence-corrected chi connectivity index (χ0v) is 28.1. The molecule has 11 heteroatoms. The summed E-state index contributed by atoms with van der Waals surface area (Å²) in [4.78, 5) is 58.2. The number of fused-ring (bicyclic) bond motifs is 1. The SMILES string of the molecule is C=CCCC(=O)NC[C@@H](C)OC(=O)[C@@H]1[C@H]2O[C@@]3(CC2Br)[C@H](C(=O)N(CC=C)Cc2ccccc2)N([C@H](CO)c2ccccc2)C(=O)[C@@H]13. The van der Waals surface area contributed by atoms with Crippen LogP contribution in [0.25, 0.3) is 0 Å². The minimum absolute atomic E-state index is 0.102. The highest BCUT2D eigenvalue weighted by molar-refractivity contribution is 9.09. The number of carbonyl (C=O) groups excluding carboxylic acids is 4. The van der Waals surface area contributed by atoms with E-state index in [1.54, 1.807) is 36.1 Å². The summed E-state index contributed by atoms with van der Waals surface area (Å²) in [6, 6.07) is 16.6. The van der Waals surface area contributed by atoms with Crippen LogP contribution in [0.2, 0.25) is 0 Å². The Morgan fingerprint density at radius 1 is 1.15 bits per heavy atom. The molecule has 2 N–H and O–H groups in total. The first-order valence-electron chi connectivity index (χ1n) is 16.0. The van der Waals surface area contributed by atoms with Crippen molar-refractivity contribution in [3.05, 3.63) is 97.1 Å². The number of allylic oxidation sites excluding steroid dienone is 1. The molecule has 2 aromatic carbocycles. The number of aliphatic hydroxyl groups is 1. The van der Waals surface area contributed by atoms with Crippen molar-refractivity contribution >= 4 is 39.6 Å². The fourth-order valence-electron chi connectivity index (χ4n) is 7.24. The number of aliphatic hydroxyl groups excluding tert-OH is 1. The summed E-state index contributed by atoms with van der Waals surface area (Å²) in [5.41, 5.74) is 0.203. The molecule has 3 aliphatic heterocycles. The van der Waals surface area contributed by atoms with Crippen molar-refractivity contribution in [2.75, 3.05) is 19.7 Å². The van der Waals surface area contributed by atoms with Crippen LogP contribution in [0.5, 0.6) is 0 Å². The molecule has 250 valence electrons. The first-order chi connectivity index (χ1) is 22.7. The van der Waals surface area contributed by atoms with Crippen molar-refractivity contribution in [2.45, 2.75) is 67.5 Å². The van der Waals surface area contributed by atoms with Crippen molar-refractivity contribution in [2.24, 2.45) is 11.8 Å². The third-order valence-corrected chi connectivity index (χ3v) is 10.1. The molecule has 5 rings (SSSR count). The number of hydrogen-bond acceptors (Lipinski definition) is 7. The number of carbonyl (C=O) groups is 4. The molecule has 10 nitrogen and oxygen atoms in total. The largest absolute Gasteiger partial charge is 0.460 e. The number of amides is 3. The maximum Gasteiger partial charge on any atom is 0.312 e. The van der Waals surface area contributed by atoms with Gasteiger partial charge in [-0.25, -0.2) is 0 Å². The van der Waals surface area contributed by atoms with E-state index in [1.165, 1.54) is 4.90 Å². The summed E-state index contributed by atoms with van der Waals surface area (Å²) >= 11 is 3.69. The number of ether oxygens (including phenoxy) is 2. The second-order valence-electron chi connectivity index (χ2n) is 12.4. The van der Waals surface area contributed by atoms with Gasteiger partial charge >= 0.3 is 5.97 Å². The van der Waals surface area contributed by atoms with Crippen molar-refractivity contribution < 1.29 is 33.8 Å². The third-order valence-electron chi connectivity index (χ3n) is 9.28. The number of rotatable bonds is 15. The molecule has 0 aromatic heterocycles. The summed E-state index contributed by atoms with van der Waals surface area (Å²) in [7, 11) is 0. The summed E-state index contributed by atoms with van der Waals surface area (Å²) < 4.78 is 12.5. The Labute approximate surface area is 283 Å². The standard InChI is InChI=1S/C36H42BrN3O7/c1-4-6-17-28(42)38-20-23(3)46-35(45)29-30-33(43)40(27(22-41)25-15-11-8-12-16-25)32(36(30)19-26(37)31(29)47-36)34(44)39(18-5-2)21-24-13-9-7-10-14-24/h4-5,7-16,23,26-27,29-32,41H,1-2,6,17-22H2,3H3,(H,38,42)/t23-,26?,27-,29+,30-,31+,32+,36-/m1/s1. The van der Waals surface area contributed by atoms with Gasteiger partial charge in [-0.3, -0.25) is 19.2 Å². The molecular formula is C36H42BrN3O7. The van der Waals surface area contributed by atoms with Crippen LogP contribution in [0, 0.1) is 11.8 Å². The first-order valence-corrected chi connectivity index (χ1v) is 16.9. The van der Waals surface area contributed by atoms with Crippen LogP contribution in [-0.2, 0) is 35.2 Å². The fourth-order valence-corrected chi connectivity index (χ4v) is 8.19. The van der Waals surface area contributed by atoms with E-state index in [-0.39, 0.29) is 42.7 Å². The number of likely N-dealkylation sites (tertiary alicyclic amines) is 1. The van der Waals surface area contributed by atoms with E-state index in [0.717, 1.165) is 5.56 Å². The Morgan fingerprint density at radius 3 is 2.47 bits per heavy atom. The molecule has 1 spiro atoms. The molecule has 2 bridgehead atoms. The van der Waals surface area contributed by atoms with Crippen molar-refractivity contribution in [1.82, 2.24) is 15.1 Å². The van der Waals surface area contributed by atoms with Crippen LogP contribution in [0.3, 0.4) is 0 Å². The average Bonchev–Trinajstić information content (AvgIpc) is 3.67. The van der Waals surface area contributed by atoms with Crippen LogP contribution >= 0.6 is 15.9 Å². The minimum atomic E-state index is -1.35. The molecule has 1 unspecified atom stereocenters. The van der Waals surface area contributed by atoms with Crippen molar-refractivity contribution in [3.8, 4) is 0 Å². The predicted molar refractivity (Wildman–Crippen MR) is 179 cm³/mol. The Morgan fingerprint density at radius 2 is 1.83 bits per heavy atom. The summed E-state index contributed by atoms with van der Waals surface area (Å²) in [5, 5.41) is 13.5. The minimum Gasteiger partial charge on any atom is -0.460 e. The highest BCUT2D eigenvalue weighted by Crippen LogP contribution is 2.61. The Hall–Kier alpha value is -3.80. The Balaban J connectivity index is 1.50. The number of esters is 1. The third kappa shape index (κ3) is 6.79. The molecule has 8 atom stereocenters. The molecule has 3 fully saturated rings. The average molecular weight is 709 g/mol. The maximum absolute atomic E-state index is 14.8. The zero-order valence-electron chi connectivity index (χ0n) is 26.5. The quantitative estimate of drug-likeness (QED) is 0.164. The number of halogens is 1. The van der Waals surface area contributed by atoms with Crippen LogP contribution in [0.4, 0.5) is 0 Å². The maximum atomic E-state index is 14.8. The van der Waals surface area contributed by atoms with E-state index in [9.17, 15) is 24.3 Å². The van der Waals surface area contributed by atoms with E-state index in [2.05, 4.69) is 34.4 Å². The highest BCUT2D eigenvalue weighted by Gasteiger charge is 2.77. The normalized spacial score (nSPS) is 27.1. The molecule has 0 aliphatic carbocycles. The van der Waals surface area contributed by atoms with Gasteiger partial charge in [0.05, 0.1) is 37.1 Å². The van der Waals surface area contributed by atoms with Gasteiger partial charge in [-0.2, -0.15) is 0 Å². The predicted octanol–water partition coefficient (Wildman–Crippen LogP) is 3.70. The number of benzene rings is 2. The molecule has 47 heavy (non-hydrogen) atoms. The van der Waals surface area contributed by atoms with E-state index >= 15 is 0 Å². The lowest BCUT2D eigenvalue weighted by atomic mass is 9.70. The molecule has 3 aliphatic rings. The lowest BCUT2D eigenvalue weighted by molar-refractivity contribution is -0.160. The van der Waals surface area contributed by atoms with Crippen LogP contribution in [0.1, 0.15) is 43.4 Å². The summed E-state index contributed by atoms with van der Waals surface area (Å²) in [6.45, 7) is 9.30. The highest BCUT2D eigenvalue weighted by atomic mass is 79.9. The Kier molecular flexibility index (Phi) is 11.0. The van der Waals surface area contributed by atoms with Gasteiger partial charge in [-0.15, -0.1) is 13.2 Å². The smallest absolute Gasteiger partial charge is 0.312 e. The van der Waals surface area contributed by atoms with Gasteiger partial charge in [0.1, 0.15) is 17.7 Å². The summed E-state index contributed by atoms with van der Waals surface area (Å²) in [5.74, 6) is -3.64. The van der Waals surface area contributed by atoms with Gasteiger partial charge in [0.25, 0.3) is 0 Å². The van der Waals surface area contributed by atoms with Crippen LogP contribution in [0.15, 0.2) is 86.0 Å². The monoisotopic (exact) mass is 707 g/mol. The molecule has 0 radical (unpaired) electrons. The fraction of sp³-hybridized carbons (Fsp3) is 0.444. The van der Waals surface area contributed by atoms with Crippen molar-refractivity contribution in [3.63, 3.8) is 0 Å². The number of hydrogen-bond donors (Lipinski definition) is 2. The van der Waals surface area contributed by atoms with Gasteiger partial charge in [-0.1, -0.05) is 88.7 Å². The molecule has 0 saturated carbocycles. The molecule has 3 heterocycles. The first kappa shape index (κ1) is 34.5. The lowest BCUT2D eigenvalue weighted by Gasteiger charge is -2.39. The summed E-state index contributed by atoms with van der Waals surface area (Å²) in [6.07, 6.45) is 3.02. The van der Waals surface area contributed by atoms with Crippen LogP contribution < -0.4 is 5.32 Å². The van der Waals surface area contributed by atoms with E-state index in [0.29, 0.717) is 18.4 Å². The number of nitrogens with zero attached hydrogens (tertiary/aromatic N) is 2. The number of alkyl halides is 1.